The third-order valence-corrected chi connectivity index (χ3v) is 2.71. The lowest BCUT2D eigenvalue weighted by molar-refractivity contribution is 0.0964. The number of ketones is 1. The molecule has 0 aromatic carbocycles. The normalized spacial score (nSPS) is 10.7. The summed E-state index contributed by atoms with van der Waals surface area (Å²) in [6.45, 7) is 4.86. The van der Waals surface area contributed by atoms with Crippen molar-refractivity contribution in [1.29, 1.82) is 0 Å². The lowest BCUT2D eigenvalue weighted by atomic mass is 10.1. The second kappa shape index (κ2) is 4.99. The van der Waals surface area contributed by atoms with E-state index in [1.165, 1.54) is 6.26 Å². The lowest BCUT2D eigenvalue weighted by Crippen LogP contribution is -2.09. The molecule has 17 heavy (non-hydrogen) atoms. The SMILES string of the molecule is CCc1cc(CC(=O)c2ccco2)n(CC)n1. The highest BCUT2D eigenvalue weighted by molar-refractivity contribution is 5.94. The van der Waals surface area contributed by atoms with Crippen molar-refractivity contribution in [3.8, 4) is 0 Å². The highest BCUT2D eigenvalue weighted by Crippen LogP contribution is 2.10. The number of rotatable bonds is 5. The molecule has 4 nitrogen and oxygen atoms in total. The first-order chi connectivity index (χ1) is 8.24. The number of carbonyl (C=O) groups excluding carboxylic acids is 1. The monoisotopic (exact) mass is 232 g/mol. The Kier molecular flexibility index (Phi) is 3.42. The van der Waals surface area contributed by atoms with Crippen LogP contribution in [0.5, 0.6) is 0 Å². The maximum Gasteiger partial charge on any atom is 0.203 e. The van der Waals surface area contributed by atoms with E-state index >= 15 is 0 Å². The first-order valence-electron chi connectivity index (χ1n) is 5.86. The Balaban J connectivity index is 2.18. The largest absolute Gasteiger partial charge is 0.461 e. The van der Waals surface area contributed by atoms with E-state index < -0.39 is 0 Å². The fraction of sp³-hybridized carbons (Fsp3) is 0.385. The third kappa shape index (κ3) is 2.46. The summed E-state index contributed by atoms with van der Waals surface area (Å²) in [6.07, 6.45) is 2.74. The van der Waals surface area contributed by atoms with Gasteiger partial charge in [-0.2, -0.15) is 5.10 Å². The molecule has 4 heteroatoms. The van der Waals surface area contributed by atoms with Crippen LogP contribution in [0, 0.1) is 0 Å². The van der Waals surface area contributed by atoms with E-state index in [1.807, 2.05) is 17.7 Å². The Morgan fingerprint density at radius 3 is 2.88 bits per heavy atom. The van der Waals surface area contributed by atoms with Crippen LogP contribution in [0.25, 0.3) is 0 Å². The standard InChI is InChI=1S/C13H16N2O2/c1-3-10-8-11(15(4-2)14-10)9-12(16)13-6-5-7-17-13/h5-8H,3-4,9H2,1-2H3. The molecule has 2 aromatic heterocycles. The molecule has 0 fully saturated rings. The second-order valence-electron chi connectivity index (χ2n) is 3.87. The summed E-state index contributed by atoms with van der Waals surface area (Å²) < 4.78 is 6.97. The summed E-state index contributed by atoms with van der Waals surface area (Å²) >= 11 is 0. The zero-order valence-corrected chi connectivity index (χ0v) is 10.1. The topological polar surface area (TPSA) is 48.0 Å². The van der Waals surface area contributed by atoms with Crippen LogP contribution in [0.4, 0.5) is 0 Å². The van der Waals surface area contributed by atoms with Crippen molar-refractivity contribution in [2.45, 2.75) is 33.2 Å². The number of nitrogens with zero attached hydrogens (tertiary/aromatic N) is 2. The first kappa shape index (κ1) is 11.6. The Labute approximate surface area is 100 Å². The van der Waals surface area contributed by atoms with Gasteiger partial charge in [-0.05, 0) is 31.5 Å². The van der Waals surface area contributed by atoms with E-state index in [9.17, 15) is 4.79 Å². The van der Waals surface area contributed by atoms with Gasteiger partial charge < -0.3 is 4.42 Å². The van der Waals surface area contributed by atoms with Crippen molar-refractivity contribution < 1.29 is 9.21 Å². The number of furan rings is 1. The van der Waals surface area contributed by atoms with Crippen LogP contribution in [0.3, 0.4) is 0 Å². The van der Waals surface area contributed by atoms with Gasteiger partial charge >= 0.3 is 0 Å². The number of hydrogen-bond acceptors (Lipinski definition) is 3. The van der Waals surface area contributed by atoms with Crippen LogP contribution in [0.1, 0.15) is 35.8 Å². The van der Waals surface area contributed by atoms with Crippen molar-refractivity contribution in [3.05, 3.63) is 41.6 Å². The van der Waals surface area contributed by atoms with Gasteiger partial charge in [0.25, 0.3) is 0 Å². The summed E-state index contributed by atoms with van der Waals surface area (Å²) in [6, 6.07) is 5.40. The Morgan fingerprint density at radius 2 is 2.29 bits per heavy atom. The Bertz CT molecular complexity index is 497. The molecule has 90 valence electrons. The molecule has 0 bridgehead atoms. The summed E-state index contributed by atoms with van der Waals surface area (Å²) in [5.74, 6) is 0.402. The van der Waals surface area contributed by atoms with Crippen molar-refractivity contribution >= 4 is 5.78 Å². The molecule has 0 unspecified atom stereocenters. The molecule has 0 aliphatic carbocycles. The van der Waals surface area contributed by atoms with E-state index in [4.69, 9.17) is 4.42 Å². The molecular formula is C13H16N2O2. The predicted molar refractivity (Wildman–Crippen MR) is 64.0 cm³/mol. The van der Waals surface area contributed by atoms with Gasteiger partial charge in [-0.25, -0.2) is 0 Å². The van der Waals surface area contributed by atoms with Gasteiger partial charge in [-0.15, -0.1) is 0 Å². The van der Waals surface area contributed by atoms with Gasteiger partial charge in [0.1, 0.15) is 0 Å². The van der Waals surface area contributed by atoms with Crippen molar-refractivity contribution in [2.24, 2.45) is 0 Å². The van der Waals surface area contributed by atoms with Crippen LogP contribution in [-0.4, -0.2) is 15.6 Å². The number of aromatic nitrogens is 2. The van der Waals surface area contributed by atoms with E-state index in [0.717, 1.165) is 24.4 Å². The third-order valence-electron chi connectivity index (χ3n) is 2.71. The minimum atomic E-state index is -0.00717. The zero-order chi connectivity index (χ0) is 12.3. The van der Waals surface area contributed by atoms with E-state index in [-0.39, 0.29) is 5.78 Å². The molecule has 0 saturated heterocycles. The number of aryl methyl sites for hydroxylation is 2. The predicted octanol–water partition coefficient (Wildman–Crippen LogP) is 2.48. The molecule has 2 aromatic rings. The Hall–Kier alpha value is -1.84. The summed E-state index contributed by atoms with van der Waals surface area (Å²) in [5, 5.41) is 4.42. The van der Waals surface area contributed by atoms with Crippen LogP contribution in [0.2, 0.25) is 0 Å². The quantitative estimate of drug-likeness (QED) is 0.744. The molecule has 0 atom stereocenters. The van der Waals surface area contributed by atoms with Crippen molar-refractivity contribution in [2.75, 3.05) is 0 Å². The number of Topliss-reactive ketones (excluding diaryl/α,β-unsaturated/α-hetero) is 1. The molecule has 0 amide bonds. The number of carbonyl (C=O) groups is 1. The second-order valence-corrected chi connectivity index (χ2v) is 3.87. The zero-order valence-electron chi connectivity index (χ0n) is 10.1. The van der Waals surface area contributed by atoms with Gasteiger partial charge in [0, 0.05) is 12.2 Å². The van der Waals surface area contributed by atoms with Crippen molar-refractivity contribution in [3.63, 3.8) is 0 Å². The molecule has 0 radical (unpaired) electrons. The van der Waals surface area contributed by atoms with Crippen LogP contribution in [0.15, 0.2) is 28.9 Å². The highest BCUT2D eigenvalue weighted by Gasteiger charge is 2.14. The smallest absolute Gasteiger partial charge is 0.203 e. The number of hydrogen-bond donors (Lipinski definition) is 0. The lowest BCUT2D eigenvalue weighted by Gasteiger charge is -2.02. The molecule has 2 rings (SSSR count). The minimum absolute atomic E-state index is 0.00717. The molecular weight excluding hydrogens is 216 g/mol. The van der Waals surface area contributed by atoms with Gasteiger partial charge in [0.2, 0.25) is 5.78 Å². The average molecular weight is 232 g/mol. The maximum atomic E-state index is 11.9. The fourth-order valence-electron chi connectivity index (χ4n) is 1.79. The van der Waals surface area contributed by atoms with E-state index in [2.05, 4.69) is 12.0 Å². The summed E-state index contributed by atoms with van der Waals surface area (Å²) in [4.78, 5) is 11.9. The highest BCUT2D eigenvalue weighted by atomic mass is 16.3. The minimum Gasteiger partial charge on any atom is -0.461 e. The van der Waals surface area contributed by atoms with E-state index in [0.29, 0.717) is 12.2 Å². The van der Waals surface area contributed by atoms with Crippen LogP contribution < -0.4 is 0 Å². The molecule has 2 heterocycles. The van der Waals surface area contributed by atoms with Crippen LogP contribution >= 0.6 is 0 Å². The van der Waals surface area contributed by atoms with Crippen molar-refractivity contribution in [1.82, 2.24) is 9.78 Å². The fourth-order valence-corrected chi connectivity index (χ4v) is 1.79. The maximum absolute atomic E-state index is 11.9. The van der Waals surface area contributed by atoms with Crippen LogP contribution in [-0.2, 0) is 19.4 Å². The summed E-state index contributed by atoms with van der Waals surface area (Å²) in [7, 11) is 0. The van der Waals surface area contributed by atoms with Gasteiger partial charge in [-0.3, -0.25) is 9.48 Å². The molecule has 0 spiro atoms. The molecule has 0 saturated carbocycles. The average Bonchev–Trinajstić information content (AvgIpc) is 2.97. The van der Waals surface area contributed by atoms with Gasteiger partial charge in [0.05, 0.1) is 18.4 Å². The Morgan fingerprint density at radius 1 is 1.47 bits per heavy atom. The molecule has 0 aliphatic heterocycles. The van der Waals surface area contributed by atoms with Gasteiger partial charge in [-0.1, -0.05) is 6.92 Å². The molecule has 0 aliphatic rings. The first-order valence-corrected chi connectivity index (χ1v) is 5.86. The van der Waals surface area contributed by atoms with E-state index in [1.54, 1.807) is 12.1 Å². The molecule has 0 N–H and O–H groups in total. The summed E-state index contributed by atoms with van der Waals surface area (Å²) in [5.41, 5.74) is 1.97. The van der Waals surface area contributed by atoms with Gasteiger partial charge in [0.15, 0.2) is 5.76 Å².